The van der Waals surface area contributed by atoms with Crippen molar-refractivity contribution in [3.63, 3.8) is 0 Å². The standard InChI is InChI=1S/2C10H22N.Mg/c2*1-9(2,3)7-11-8-10(4,5)6;/h2*7-8H2,1-6H3;/q2*-1;+2. The molecule has 0 heterocycles. The summed E-state index contributed by atoms with van der Waals surface area (Å²) in [7, 11) is 0. The van der Waals surface area contributed by atoms with Gasteiger partial charge < -0.3 is 10.6 Å². The van der Waals surface area contributed by atoms with Crippen LogP contribution in [0.15, 0.2) is 0 Å². The van der Waals surface area contributed by atoms with Crippen LogP contribution in [0.3, 0.4) is 0 Å². The van der Waals surface area contributed by atoms with Crippen molar-refractivity contribution in [3.05, 3.63) is 10.6 Å². The van der Waals surface area contributed by atoms with Gasteiger partial charge in [0.1, 0.15) is 0 Å². The maximum atomic E-state index is 4.51. The molecular weight excluding hydrogens is 293 g/mol. The van der Waals surface area contributed by atoms with Crippen molar-refractivity contribution in [2.24, 2.45) is 21.7 Å². The summed E-state index contributed by atoms with van der Waals surface area (Å²) in [4.78, 5) is 0. The van der Waals surface area contributed by atoms with Gasteiger partial charge >= 0.3 is 23.1 Å². The fraction of sp³-hybridized carbons (Fsp3) is 1.00. The van der Waals surface area contributed by atoms with Crippen LogP contribution < -0.4 is 0 Å². The van der Waals surface area contributed by atoms with E-state index in [2.05, 4.69) is 93.7 Å². The Morgan fingerprint density at radius 3 is 0.609 bits per heavy atom. The Labute approximate surface area is 164 Å². The maximum absolute atomic E-state index is 4.51. The summed E-state index contributed by atoms with van der Waals surface area (Å²) in [5.74, 6) is 0. The first-order valence-electron chi connectivity index (χ1n) is 8.68. The Balaban J connectivity index is -0.000000333. The summed E-state index contributed by atoms with van der Waals surface area (Å²) in [6.07, 6.45) is 0. The molecule has 0 aromatic carbocycles. The first kappa shape index (κ1) is 28.5. The largest absolute Gasteiger partial charge is 2.00 e. The molecule has 3 heteroatoms. The Morgan fingerprint density at radius 1 is 0.391 bits per heavy atom. The molecule has 0 radical (unpaired) electrons. The van der Waals surface area contributed by atoms with Gasteiger partial charge in [0.15, 0.2) is 0 Å². The predicted molar refractivity (Wildman–Crippen MR) is 110 cm³/mol. The topological polar surface area (TPSA) is 28.2 Å². The van der Waals surface area contributed by atoms with E-state index >= 15 is 0 Å². The van der Waals surface area contributed by atoms with Crippen LogP contribution in [-0.4, -0.2) is 49.2 Å². The zero-order chi connectivity index (χ0) is 18.2. The summed E-state index contributed by atoms with van der Waals surface area (Å²) in [6.45, 7) is 30.6. The normalized spacial score (nSPS) is 13.0. The van der Waals surface area contributed by atoms with E-state index in [0.717, 1.165) is 26.2 Å². The predicted octanol–water partition coefficient (Wildman–Crippen LogP) is 6.52. The summed E-state index contributed by atoms with van der Waals surface area (Å²) in [6, 6.07) is 0. The summed E-state index contributed by atoms with van der Waals surface area (Å²) in [5.41, 5.74) is 1.41. The molecule has 0 atom stereocenters. The van der Waals surface area contributed by atoms with Crippen molar-refractivity contribution >= 4 is 23.1 Å². The summed E-state index contributed by atoms with van der Waals surface area (Å²) < 4.78 is 0. The van der Waals surface area contributed by atoms with Gasteiger partial charge in [0.25, 0.3) is 0 Å². The van der Waals surface area contributed by atoms with Crippen molar-refractivity contribution in [3.8, 4) is 0 Å². The van der Waals surface area contributed by atoms with Crippen molar-refractivity contribution < 1.29 is 0 Å². The number of hydrogen-bond acceptors (Lipinski definition) is 0. The number of rotatable bonds is 4. The molecule has 0 saturated carbocycles. The van der Waals surface area contributed by atoms with Gasteiger partial charge in [-0.25, -0.2) is 0 Å². The minimum absolute atomic E-state index is 0. The molecule has 0 aromatic heterocycles. The molecular formula is C20H44MgN2. The molecule has 136 valence electrons. The fourth-order valence-corrected chi connectivity index (χ4v) is 1.45. The van der Waals surface area contributed by atoms with Crippen LogP contribution in [0.1, 0.15) is 83.1 Å². The Morgan fingerprint density at radius 2 is 0.522 bits per heavy atom. The van der Waals surface area contributed by atoms with Crippen LogP contribution in [0.25, 0.3) is 10.6 Å². The molecule has 0 saturated heterocycles. The van der Waals surface area contributed by atoms with Crippen LogP contribution in [0.2, 0.25) is 0 Å². The second-order valence-corrected chi connectivity index (χ2v) is 11.3. The molecule has 0 unspecified atom stereocenters. The van der Waals surface area contributed by atoms with Crippen molar-refractivity contribution in [1.29, 1.82) is 0 Å². The maximum Gasteiger partial charge on any atom is 2.00 e. The van der Waals surface area contributed by atoms with Gasteiger partial charge in [0, 0.05) is 0 Å². The van der Waals surface area contributed by atoms with E-state index in [9.17, 15) is 0 Å². The third-order valence-corrected chi connectivity index (χ3v) is 2.34. The van der Waals surface area contributed by atoms with E-state index in [1.165, 1.54) is 0 Å². The first-order valence-corrected chi connectivity index (χ1v) is 8.68. The molecule has 2 nitrogen and oxygen atoms in total. The Kier molecular flexibility index (Phi) is 14.0. The number of nitrogens with zero attached hydrogens (tertiary/aromatic N) is 2. The van der Waals surface area contributed by atoms with Gasteiger partial charge in [-0.1, -0.05) is 105 Å². The van der Waals surface area contributed by atoms with Crippen LogP contribution in [0.4, 0.5) is 0 Å². The average molecular weight is 337 g/mol. The van der Waals surface area contributed by atoms with Gasteiger partial charge in [-0.15, -0.1) is 26.2 Å². The smallest absolute Gasteiger partial charge is 0.661 e. The van der Waals surface area contributed by atoms with Gasteiger partial charge in [-0.2, -0.15) is 0 Å². The molecule has 23 heavy (non-hydrogen) atoms. The second-order valence-electron chi connectivity index (χ2n) is 11.3. The minimum Gasteiger partial charge on any atom is -0.661 e. The Bertz CT molecular complexity index is 214. The van der Waals surface area contributed by atoms with Crippen molar-refractivity contribution in [1.82, 2.24) is 0 Å². The molecule has 0 rings (SSSR count). The molecule has 0 bridgehead atoms. The third-order valence-electron chi connectivity index (χ3n) is 2.34. The van der Waals surface area contributed by atoms with Crippen molar-refractivity contribution in [2.75, 3.05) is 26.2 Å². The Hall–Kier alpha value is 0.686. The molecule has 0 N–H and O–H groups in total. The van der Waals surface area contributed by atoms with Crippen LogP contribution in [0.5, 0.6) is 0 Å². The van der Waals surface area contributed by atoms with Gasteiger partial charge in [-0.3, -0.25) is 0 Å². The first-order chi connectivity index (χ1) is 9.41. The van der Waals surface area contributed by atoms with E-state index in [0.29, 0.717) is 21.7 Å². The molecule has 0 aliphatic heterocycles. The van der Waals surface area contributed by atoms with Crippen molar-refractivity contribution in [2.45, 2.75) is 83.1 Å². The molecule has 0 aliphatic rings. The zero-order valence-corrected chi connectivity index (χ0v) is 19.8. The van der Waals surface area contributed by atoms with Gasteiger partial charge in [-0.05, 0) is 0 Å². The molecule has 0 amide bonds. The monoisotopic (exact) mass is 336 g/mol. The van der Waals surface area contributed by atoms with Gasteiger partial charge in [0.2, 0.25) is 0 Å². The SMILES string of the molecule is CC(C)(C)C[N-]CC(C)(C)C.CC(C)(C)C[N-]CC(C)(C)C.[Mg+2]. The van der Waals surface area contributed by atoms with E-state index in [1.807, 2.05) is 0 Å². The average Bonchev–Trinajstić information content (AvgIpc) is 2.08. The minimum atomic E-state index is 0. The molecule has 0 spiro atoms. The zero-order valence-electron chi connectivity index (χ0n) is 18.4. The van der Waals surface area contributed by atoms with E-state index in [-0.39, 0.29) is 23.1 Å². The number of hydrogen-bond donors (Lipinski definition) is 0. The van der Waals surface area contributed by atoms with Crippen LogP contribution in [-0.2, 0) is 0 Å². The van der Waals surface area contributed by atoms with E-state index in [4.69, 9.17) is 0 Å². The molecule has 0 aliphatic carbocycles. The third kappa shape index (κ3) is 34.9. The van der Waals surface area contributed by atoms with Gasteiger partial charge in [0.05, 0.1) is 0 Å². The summed E-state index contributed by atoms with van der Waals surface area (Å²) >= 11 is 0. The van der Waals surface area contributed by atoms with Crippen LogP contribution >= 0.6 is 0 Å². The molecule has 0 fully saturated rings. The summed E-state index contributed by atoms with van der Waals surface area (Å²) in [5, 5.41) is 9.03. The molecule has 0 aromatic rings. The van der Waals surface area contributed by atoms with E-state index in [1.54, 1.807) is 0 Å². The van der Waals surface area contributed by atoms with Crippen LogP contribution in [0, 0.1) is 21.7 Å². The fourth-order valence-electron chi connectivity index (χ4n) is 1.45. The quantitative estimate of drug-likeness (QED) is 0.522. The second kappa shape index (κ2) is 11.3. The van der Waals surface area contributed by atoms with E-state index < -0.39 is 0 Å².